The van der Waals surface area contributed by atoms with Gasteiger partial charge in [0.2, 0.25) is 5.91 Å². The lowest BCUT2D eigenvalue weighted by atomic mass is 9.98. The number of amides is 1. The van der Waals surface area contributed by atoms with Crippen LogP contribution in [0.4, 0.5) is 0 Å². The first-order valence-corrected chi connectivity index (χ1v) is 9.01. The largest absolute Gasteiger partial charge is 0.350 e. The number of fused-ring (bicyclic) bond motifs is 1. The predicted octanol–water partition coefficient (Wildman–Crippen LogP) is 3.11. The van der Waals surface area contributed by atoms with Crippen molar-refractivity contribution in [1.82, 2.24) is 20.0 Å². The molecule has 1 aliphatic heterocycles. The molecule has 24 heavy (non-hydrogen) atoms. The van der Waals surface area contributed by atoms with Crippen LogP contribution in [0.5, 0.6) is 0 Å². The molecule has 0 bridgehead atoms. The number of aryl methyl sites for hydroxylation is 1. The van der Waals surface area contributed by atoms with Crippen molar-refractivity contribution in [2.45, 2.75) is 44.7 Å². The Morgan fingerprint density at radius 2 is 2.21 bits per heavy atom. The Kier molecular flexibility index (Phi) is 5.41. The van der Waals surface area contributed by atoms with Crippen LogP contribution >= 0.6 is 11.6 Å². The maximum Gasteiger partial charge on any atom is 0.220 e. The molecular formula is C18H25ClN4O. The van der Waals surface area contributed by atoms with Crippen LogP contribution in [0.25, 0.3) is 10.9 Å². The van der Waals surface area contributed by atoms with E-state index < -0.39 is 0 Å². The standard InChI is InChI=1S/C18H25ClN4O/c1-22-11-4-3-6-13(22)9-10-17(24)20-12-15-18-14(19)7-5-8-16(18)23(2)21-15/h5,7-8,13H,3-4,6,9-12H2,1-2H3,(H,20,24). The van der Waals surface area contributed by atoms with E-state index in [0.29, 0.717) is 24.0 Å². The Morgan fingerprint density at radius 1 is 1.38 bits per heavy atom. The molecule has 1 unspecified atom stereocenters. The average Bonchev–Trinajstić information content (AvgIpc) is 2.90. The summed E-state index contributed by atoms with van der Waals surface area (Å²) in [7, 11) is 4.05. The molecule has 1 amide bonds. The molecule has 3 rings (SSSR count). The van der Waals surface area contributed by atoms with E-state index in [1.165, 1.54) is 19.3 Å². The van der Waals surface area contributed by atoms with Crippen LogP contribution in [0.15, 0.2) is 18.2 Å². The van der Waals surface area contributed by atoms with Gasteiger partial charge in [-0.25, -0.2) is 0 Å². The number of aromatic nitrogens is 2. The van der Waals surface area contributed by atoms with Crippen LogP contribution in [0.2, 0.25) is 5.02 Å². The van der Waals surface area contributed by atoms with Crippen molar-refractivity contribution in [2.24, 2.45) is 7.05 Å². The molecule has 0 saturated carbocycles. The SMILES string of the molecule is CN1CCCCC1CCC(=O)NCc1nn(C)c2cccc(Cl)c12. The van der Waals surface area contributed by atoms with Crippen molar-refractivity contribution in [1.29, 1.82) is 0 Å². The molecule has 2 heterocycles. The summed E-state index contributed by atoms with van der Waals surface area (Å²) in [6.45, 7) is 1.56. The van der Waals surface area contributed by atoms with Gasteiger partial charge in [0, 0.05) is 24.9 Å². The third kappa shape index (κ3) is 3.73. The van der Waals surface area contributed by atoms with Crippen molar-refractivity contribution in [3.05, 3.63) is 28.9 Å². The first-order chi connectivity index (χ1) is 11.6. The molecule has 1 aromatic heterocycles. The van der Waals surface area contributed by atoms with Gasteiger partial charge >= 0.3 is 0 Å². The van der Waals surface area contributed by atoms with Gasteiger partial charge < -0.3 is 10.2 Å². The fourth-order valence-corrected chi connectivity index (χ4v) is 3.83. The first-order valence-electron chi connectivity index (χ1n) is 8.63. The molecule has 1 saturated heterocycles. The molecular weight excluding hydrogens is 324 g/mol. The second kappa shape index (κ2) is 7.53. The third-order valence-electron chi connectivity index (χ3n) is 4.98. The topological polar surface area (TPSA) is 50.2 Å². The van der Waals surface area contributed by atoms with Gasteiger partial charge in [0.05, 0.1) is 22.8 Å². The van der Waals surface area contributed by atoms with Gasteiger partial charge in [0.25, 0.3) is 0 Å². The number of likely N-dealkylation sites (tertiary alicyclic amines) is 1. The molecule has 1 fully saturated rings. The summed E-state index contributed by atoms with van der Waals surface area (Å²) in [5.74, 6) is 0.0832. The zero-order chi connectivity index (χ0) is 17.1. The Hall–Kier alpha value is -1.59. The van der Waals surface area contributed by atoms with E-state index in [-0.39, 0.29) is 5.91 Å². The van der Waals surface area contributed by atoms with Crippen LogP contribution in [0, 0.1) is 0 Å². The molecule has 0 radical (unpaired) electrons. The molecule has 1 atom stereocenters. The van der Waals surface area contributed by atoms with Crippen molar-refractivity contribution in [3.63, 3.8) is 0 Å². The smallest absolute Gasteiger partial charge is 0.220 e. The maximum absolute atomic E-state index is 12.2. The predicted molar refractivity (Wildman–Crippen MR) is 97.1 cm³/mol. The Balaban J connectivity index is 1.57. The van der Waals surface area contributed by atoms with Crippen LogP contribution < -0.4 is 5.32 Å². The summed E-state index contributed by atoms with van der Waals surface area (Å²) >= 11 is 6.30. The second-order valence-corrected chi connectivity index (χ2v) is 7.06. The summed E-state index contributed by atoms with van der Waals surface area (Å²) in [5.41, 5.74) is 1.80. The second-order valence-electron chi connectivity index (χ2n) is 6.65. The maximum atomic E-state index is 12.2. The number of nitrogens with zero attached hydrogens (tertiary/aromatic N) is 3. The quantitative estimate of drug-likeness (QED) is 0.903. The summed E-state index contributed by atoms with van der Waals surface area (Å²) in [6, 6.07) is 6.29. The minimum Gasteiger partial charge on any atom is -0.350 e. The summed E-state index contributed by atoms with van der Waals surface area (Å²) in [6.07, 6.45) is 5.23. The van der Waals surface area contributed by atoms with Gasteiger partial charge in [-0.05, 0) is 45.0 Å². The number of halogens is 1. The number of carbonyl (C=O) groups excluding carboxylic acids is 1. The highest BCUT2D eigenvalue weighted by Crippen LogP contribution is 2.26. The monoisotopic (exact) mass is 348 g/mol. The summed E-state index contributed by atoms with van der Waals surface area (Å²) < 4.78 is 1.81. The fourth-order valence-electron chi connectivity index (χ4n) is 3.55. The molecule has 2 aromatic rings. The molecule has 0 spiro atoms. The minimum atomic E-state index is 0.0832. The van der Waals surface area contributed by atoms with E-state index in [9.17, 15) is 4.79 Å². The summed E-state index contributed by atoms with van der Waals surface area (Å²) in [4.78, 5) is 14.6. The number of rotatable bonds is 5. The van der Waals surface area contributed by atoms with Crippen molar-refractivity contribution < 1.29 is 4.79 Å². The van der Waals surface area contributed by atoms with Crippen molar-refractivity contribution in [3.8, 4) is 0 Å². The summed E-state index contributed by atoms with van der Waals surface area (Å²) in [5, 5.41) is 9.09. The highest BCUT2D eigenvalue weighted by atomic mass is 35.5. The zero-order valence-electron chi connectivity index (χ0n) is 14.4. The molecule has 5 nitrogen and oxygen atoms in total. The van der Waals surface area contributed by atoms with E-state index in [4.69, 9.17) is 11.6 Å². The first kappa shape index (κ1) is 17.2. The van der Waals surface area contributed by atoms with Crippen molar-refractivity contribution >= 4 is 28.4 Å². The van der Waals surface area contributed by atoms with E-state index in [1.54, 1.807) is 4.68 Å². The van der Waals surface area contributed by atoms with Crippen molar-refractivity contribution in [2.75, 3.05) is 13.6 Å². The lowest BCUT2D eigenvalue weighted by Crippen LogP contribution is -2.37. The average molecular weight is 349 g/mol. The molecule has 1 N–H and O–H groups in total. The molecule has 0 aliphatic carbocycles. The number of piperidine rings is 1. The van der Waals surface area contributed by atoms with E-state index in [2.05, 4.69) is 22.4 Å². The zero-order valence-corrected chi connectivity index (χ0v) is 15.1. The fraction of sp³-hybridized carbons (Fsp3) is 0.556. The number of hydrogen-bond donors (Lipinski definition) is 1. The number of hydrogen-bond acceptors (Lipinski definition) is 3. The minimum absolute atomic E-state index is 0.0832. The highest BCUT2D eigenvalue weighted by Gasteiger charge is 2.20. The van der Waals surface area contributed by atoms with E-state index >= 15 is 0 Å². The van der Waals surface area contributed by atoms with Crippen LogP contribution in [-0.4, -0.2) is 40.2 Å². The lowest BCUT2D eigenvalue weighted by molar-refractivity contribution is -0.121. The number of nitrogens with one attached hydrogen (secondary N) is 1. The Morgan fingerprint density at radius 3 is 3.00 bits per heavy atom. The van der Waals surface area contributed by atoms with E-state index in [1.807, 2.05) is 25.2 Å². The van der Waals surface area contributed by atoms with Gasteiger partial charge in [0.15, 0.2) is 0 Å². The Bertz CT molecular complexity index is 727. The number of carbonyl (C=O) groups is 1. The molecule has 130 valence electrons. The third-order valence-corrected chi connectivity index (χ3v) is 5.29. The van der Waals surface area contributed by atoms with Gasteiger partial charge in [0.1, 0.15) is 0 Å². The van der Waals surface area contributed by atoms with E-state index in [0.717, 1.165) is 29.6 Å². The molecule has 1 aromatic carbocycles. The van der Waals surface area contributed by atoms with Gasteiger partial charge in [-0.2, -0.15) is 5.10 Å². The molecule has 1 aliphatic rings. The van der Waals surface area contributed by atoms with Gasteiger partial charge in [-0.3, -0.25) is 9.48 Å². The highest BCUT2D eigenvalue weighted by molar-refractivity contribution is 6.35. The van der Waals surface area contributed by atoms with Crippen LogP contribution in [0.3, 0.4) is 0 Å². The van der Waals surface area contributed by atoms with Gasteiger partial charge in [-0.15, -0.1) is 0 Å². The van der Waals surface area contributed by atoms with Crippen LogP contribution in [-0.2, 0) is 18.4 Å². The van der Waals surface area contributed by atoms with Crippen LogP contribution in [0.1, 0.15) is 37.8 Å². The Labute approximate surface area is 148 Å². The lowest BCUT2D eigenvalue weighted by Gasteiger charge is -2.32. The van der Waals surface area contributed by atoms with Gasteiger partial charge in [-0.1, -0.05) is 24.1 Å². The normalized spacial score (nSPS) is 18.9. The number of benzene rings is 1. The molecule has 6 heteroatoms.